The van der Waals surface area contributed by atoms with Crippen molar-refractivity contribution in [1.29, 1.82) is 0 Å². The Kier molecular flexibility index (Phi) is 2.34. The smallest absolute Gasteiger partial charge is 0.425 e. The van der Waals surface area contributed by atoms with Crippen molar-refractivity contribution in [3.05, 3.63) is 0 Å². The van der Waals surface area contributed by atoms with Crippen LogP contribution in [-0.2, 0) is 9.47 Å². The highest BCUT2D eigenvalue weighted by molar-refractivity contribution is 5.68. The zero-order valence-corrected chi connectivity index (χ0v) is 7.31. The largest absolute Gasteiger partial charge is 0.427 e. The monoisotopic (exact) mass is 187 g/mol. The molecular formula is C7H13N3O3. The molecule has 0 aromatic heterocycles. The van der Waals surface area contributed by atoms with Crippen LogP contribution in [0.3, 0.4) is 0 Å². The molecule has 2 saturated heterocycles. The molecule has 6 heteroatoms. The van der Waals surface area contributed by atoms with Crippen molar-refractivity contribution >= 4 is 6.09 Å². The summed E-state index contributed by atoms with van der Waals surface area (Å²) in [4.78, 5) is 13.0. The maximum absolute atomic E-state index is 10.9. The second-order valence-electron chi connectivity index (χ2n) is 3.14. The van der Waals surface area contributed by atoms with Crippen LogP contribution in [0, 0.1) is 0 Å². The molecule has 0 radical (unpaired) electrons. The number of hydrogen-bond donors (Lipinski definition) is 1. The third-order valence-corrected chi connectivity index (χ3v) is 2.28. The van der Waals surface area contributed by atoms with Crippen molar-refractivity contribution in [1.82, 2.24) is 9.91 Å². The van der Waals surface area contributed by atoms with E-state index in [2.05, 4.69) is 4.90 Å². The topological polar surface area (TPSA) is 68.0 Å². The molecule has 13 heavy (non-hydrogen) atoms. The molecule has 0 aromatic carbocycles. The Morgan fingerprint density at radius 2 is 2.08 bits per heavy atom. The van der Waals surface area contributed by atoms with Gasteiger partial charge in [-0.25, -0.2) is 15.6 Å². The predicted molar refractivity (Wildman–Crippen MR) is 43.6 cm³/mol. The van der Waals surface area contributed by atoms with E-state index in [0.717, 1.165) is 18.1 Å². The van der Waals surface area contributed by atoms with Crippen LogP contribution in [0.2, 0.25) is 0 Å². The summed E-state index contributed by atoms with van der Waals surface area (Å²) < 4.78 is 10.2. The van der Waals surface area contributed by atoms with E-state index >= 15 is 0 Å². The van der Waals surface area contributed by atoms with Crippen LogP contribution in [0.15, 0.2) is 0 Å². The molecule has 0 aromatic rings. The third-order valence-electron chi connectivity index (χ3n) is 2.28. The number of amides is 1. The van der Waals surface area contributed by atoms with Gasteiger partial charge >= 0.3 is 6.09 Å². The summed E-state index contributed by atoms with van der Waals surface area (Å²) >= 11 is 0. The molecule has 1 amide bonds. The van der Waals surface area contributed by atoms with Crippen LogP contribution in [0.25, 0.3) is 0 Å². The van der Waals surface area contributed by atoms with Crippen LogP contribution in [0.4, 0.5) is 4.79 Å². The number of cyclic esters (lactones) is 1. The average molecular weight is 187 g/mol. The van der Waals surface area contributed by atoms with E-state index in [1.807, 2.05) is 0 Å². The van der Waals surface area contributed by atoms with Gasteiger partial charge in [-0.2, -0.15) is 0 Å². The highest BCUT2D eigenvalue weighted by Crippen LogP contribution is 2.13. The van der Waals surface area contributed by atoms with E-state index in [1.54, 1.807) is 0 Å². The van der Waals surface area contributed by atoms with Gasteiger partial charge in [-0.3, -0.25) is 4.90 Å². The van der Waals surface area contributed by atoms with E-state index in [9.17, 15) is 4.79 Å². The number of carbonyl (C=O) groups excluding carboxylic acids is 1. The first-order valence-corrected chi connectivity index (χ1v) is 4.32. The van der Waals surface area contributed by atoms with E-state index in [0.29, 0.717) is 19.8 Å². The van der Waals surface area contributed by atoms with Gasteiger partial charge in [0.15, 0.2) is 6.23 Å². The molecule has 2 aliphatic heterocycles. The molecule has 0 spiro atoms. The minimum Gasteiger partial charge on any atom is -0.427 e. The molecule has 74 valence electrons. The molecule has 2 heterocycles. The number of hydrazine groups is 1. The van der Waals surface area contributed by atoms with Crippen molar-refractivity contribution < 1.29 is 14.3 Å². The minimum absolute atomic E-state index is 0.193. The normalized spacial score (nSPS) is 30.7. The molecule has 2 rings (SSSR count). The Morgan fingerprint density at radius 3 is 2.62 bits per heavy atom. The number of hydrogen-bond acceptors (Lipinski definition) is 5. The van der Waals surface area contributed by atoms with Gasteiger partial charge in [-0.05, 0) is 0 Å². The molecule has 1 atom stereocenters. The highest BCUT2D eigenvalue weighted by Gasteiger charge is 2.34. The van der Waals surface area contributed by atoms with Crippen LogP contribution < -0.4 is 5.84 Å². The van der Waals surface area contributed by atoms with Crippen LogP contribution in [0.1, 0.15) is 0 Å². The second kappa shape index (κ2) is 3.49. The summed E-state index contributed by atoms with van der Waals surface area (Å²) in [5.41, 5.74) is 0. The number of carbonyl (C=O) groups is 1. The van der Waals surface area contributed by atoms with E-state index < -0.39 is 6.09 Å². The fraction of sp³-hybridized carbons (Fsp3) is 0.857. The molecule has 2 aliphatic rings. The van der Waals surface area contributed by atoms with Crippen molar-refractivity contribution in [3.8, 4) is 0 Å². The summed E-state index contributed by atoms with van der Waals surface area (Å²) in [5, 5.41) is 1.10. The van der Waals surface area contributed by atoms with Crippen molar-refractivity contribution in [3.63, 3.8) is 0 Å². The molecule has 2 N–H and O–H groups in total. The highest BCUT2D eigenvalue weighted by atomic mass is 16.6. The lowest BCUT2D eigenvalue weighted by Crippen LogP contribution is -2.45. The van der Waals surface area contributed by atoms with Crippen molar-refractivity contribution in [2.75, 3.05) is 32.8 Å². The van der Waals surface area contributed by atoms with Gasteiger partial charge in [0.25, 0.3) is 0 Å². The fourth-order valence-electron chi connectivity index (χ4n) is 1.52. The van der Waals surface area contributed by atoms with Crippen LogP contribution in [-0.4, -0.2) is 55.1 Å². The molecule has 0 aliphatic carbocycles. The summed E-state index contributed by atoms with van der Waals surface area (Å²) in [5.74, 6) is 5.38. The third kappa shape index (κ3) is 1.74. The number of ether oxygens (including phenoxy) is 2. The molecule has 2 fully saturated rings. The van der Waals surface area contributed by atoms with Crippen molar-refractivity contribution in [2.24, 2.45) is 5.84 Å². The molecule has 0 bridgehead atoms. The zero-order chi connectivity index (χ0) is 9.26. The van der Waals surface area contributed by atoms with Gasteiger partial charge in [-0.1, -0.05) is 0 Å². The first-order valence-electron chi connectivity index (χ1n) is 4.32. The average Bonchev–Trinajstić information content (AvgIpc) is 2.49. The van der Waals surface area contributed by atoms with Gasteiger partial charge < -0.3 is 9.47 Å². The Labute approximate surface area is 76.1 Å². The summed E-state index contributed by atoms with van der Waals surface area (Å²) in [6.45, 7) is 3.42. The Morgan fingerprint density at radius 1 is 1.38 bits per heavy atom. The maximum Gasteiger partial charge on any atom is 0.425 e. The van der Waals surface area contributed by atoms with Gasteiger partial charge in [0, 0.05) is 13.1 Å². The van der Waals surface area contributed by atoms with Gasteiger partial charge in [0.05, 0.1) is 19.8 Å². The lowest BCUT2D eigenvalue weighted by molar-refractivity contribution is -0.0440. The molecular weight excluding hydrogens is 174 g/mol. The summed E-state index contributed by atoms with van der Waals surface area (Å²) in [6, 6.07) is 0. The van der Waals surface area contributed by atoms with E-state index in [4.69, 9.17) is 15.3 Å². The van der Waals surface area contributed by atoms with Crippen molar-refractivity contribution in [2.45, 2.75) is 6.23 Å². The number of nitrogens with two attached hydrogens (primary N) is 1. The Bertz CT molecular complexity index is 205. The second-order valence-corrected chi connectivity index (χ2v) is 3.14. The summed E-state index contributed by atoms with van der Waals surface area (Å²) in [7, 11) is 0. The predicted octanol–water partition coefficient (Wildman–Crippen LogP) is -1.03. The lowest BCUT2D eigenvalue weighted by Gasteiger charge is -2.29. The van der Waals surface area contributed by atoms with E-state index in [-0.39, 0.29) is 6.23 Å². The SMILES string of the molecule is NN1CC(N2CCOCC2)OC1=O. The minimum atomic E-state index is -0.448. The first kappa shape index (κ1) is 8.74. The number of morpholine rings is 1. The fourth-order valence-corrected chi connectivity index (χ4v) is 1.52. The molecule has 0 saturated carbocycles. The van der Waals surface area contributed by atoms with Gasteiger partial charge in [0.1, 0.15) is 0 Å². The Hall–Kier alpha value is -0.850. The standard InChI is InChI=1S/C7H13N3O3/c8-10-5-6(13-7(10)11)9-1-3-12-4-2-9/h6H,1-5,8H2. The van der Waals surface area contributed by atoms with E-state index in [1.165, 1.54) is 0 Å². The molecule has 6 nitrogen and oxygen atoms in total. The van der Waals surface area contributed by atoms with Crippen LogP contribution >= 0.6 is 0 Å². The lowest BCUT2D eigenvalue weighted by atomic mass is 10.4. The first-order chi connectivity index (χ1) is 6.27. The molecule has 1 unspecified atom stereocenters. The number of rotatable bonds is 1. The maximum atomic E-state index is 10.9. The quantitative estimate of drug-likeness (QED) is 0.420. The number of nitrogens with zero attached hydrogens (tertiary/aromatic N) is 2. The van der Waals surface area contributed by atoms with Gasteiger partial charge in [-0.15, -0.1) is 0 Å². The van der Waals surface area contributed by atoms with Gasteiger partial charge in [0.2, 0.25) is 0 Å². The van der Waals surface area contributed by atoms with Crippen LogP contribution in [0.5, 0.6) is 0 Å². The Balaban J connectivity index is 1.90. The zero-order valence-electron chi connectivity index (χ0n) is 7.31. The summed E-state index contributed by atoms with van der Waals surface area (Å²) in [6.07, 6.45) is -0.641.